The molecular formula is C24H22F3NO3S. The van der Waals surface area contributed by atoms with Crippen molar-refractivity contribution in [2.75, 3.05) is 6.61 Å². The fraction of sp³-hybridized carbons (Fsp3) is 0.250. The predicted molar refractivity (Wildman–Crippen MR) is 118 cm³/mol. The lowest BCUT2D eigenvalue weighted by atomic mass is 10.1. The van der Waals surface area contributed by atoms with Gasteiger partial charge < -0.3 is 9.84 Å². The first kappa shape index (κ1) is 23.7. The van der Waals surface area contributed by atoms with Crippen molar-refractivity contribution in [1.82, 2.24) is 4.98 Å². The number of carboxylic acids is 1. The molecule has 3 aromatic rings. The summed E-state index contributed by atoms with van der Waals surface area (Å²) in [6.07, 6.45) is -4.36. The third kappa shape index (κ3) is 5.82. The van der Waals surface area contributed by atoms with Crippen LogP contribution in [-0.4, -0.2) is 22.7 Å². The van der Waals surface area contributed by atoms with Crippen molar-refractivity contribution in [2.45, 2.75) is 37.1 Å². The van der Waals surface area contributed by atoms with Gasteiger partial charge in [0.2, 0.25) is 0 Å². The lowest BCUT2D eigenvalue weighted by Crippen LogP contribution is -2.10. The van der Waals surface area contributed by atoms with Crippen molar-refractivity contribution < 1.29 is 27.8 Å². The largest absolute Gasteiger partial charge is 0.482 e. The minimum atomic E-state index is -4.36. The predicted octanol–water partition coefficient (Wildman–Crippen LogP) is 6.70. The highest BCUT2D eigenvalue weighted by atomic mass is 32.2. The molecule has 168 valence electrons. The van der Waals surface area contributed by atoms with Gasteiger partial charge >= 0.3 is 12.1 Å². The first-order chi connectivity index (χ1) is 15.0. The van der Waals surface area contributed by atoms with Crippen LogP contribution in [0.1, 0.15) is 34.6 Å². The smallest absolute Gasteiger partial charge is 0.416 e. The fourth-order valence-electron chi connectivity index (χ4n) is 3.26. The number of aromatic nitrogens is 1. The summed E-state index contributed by atoms with van der Waals surface area (Å²) in [5.41, 5.74) is 3.23. The number of pyridine rings is 1. The van der Waals surface area contributed by atoms with E-state index in [0.29, 0.717) is 17.0 Å². The Labute approximate surface area is 188 Å². The van der Waals surface area contributed by atoms with Gasteiger partial charge in [0, 0.05) is 21.4 Å². The van der Waals surface area contributed by atoms with Crippen molar-refractivity contribution in [3.8, 4) is 17.0 Å². The maximum absolute atomic E-state index is 12.8. The molecule has 0 saturated heterocycles. The molecule has 1 unspecified atom stereocenters. The van der Waals surface area contributed by atoms with E-state index in [1.54, 1.807) is 17.8 Å². The first-order valence-electron chi connectivity index (χ1n) is 9.81. The number of carboxylic acid groups (broad SMARTS) is 1. The van der Waals surface area contributed by atoms with Crippen molar-refractivity contribution in [2.24, 2.45) is 0 Å². The quantitative estimate of drug-likeness (QED) is 0.397. The SMILES string of the molecule is Cc1cc(SC(C)c2ccc(-c3ccc(C(F)(F)F)cc3)nc2C)ccc1OCC(=O)O. The Hall–Kier alpha value is -3.00. The summed E-state index contributed by atoms with van der Waals surface area (Å²) >= 11 is 1.63. The zero-order valence-electron chi connectivity index (χ0n) is 17.7. The van der Waals surface area contributed by atoms with Crippen molar-refractivity contribution in [3.05, 3.63) is 77.0 Å². The number of halogens is 3. The molecule has 0 amide bonds. The number of hydrogen-bond donors (Lipinski definition) is 1. The highest BCUT2D eigenvalue weighted by Crippen LogP contribution is 2.38. The van der Waals surface area contributed by atoms with E-state index in [1.165, 1.54) is 12.1 Å². The van der Waals surface area contributed by atoms with Gasteiger partial charge in [-0.15, -0.1) is 11.8 Å². The lowest BCUT2D eigenvalue weighted by molar-refractivity contribution is -0.139. The molecule has 8 heteroatoms. The number of aliphatic carboxylic acids is 1. The van der Waals surface area contributed by atoms with E-state index in [-0.39, 0.29) is 11.9 Å². The molecule has 1 heterocycles. The second-order valence-electron chi connectivity index (χ2n) is 7.32. The number of rotatable bonds is 7. The molecule has 1 N–H and O–H groups in total. The van der Waals surface area contributed by atoms with E-state index in [9.17, 15) is 18.0 Å². The molecule has 0 spiro atoms. The minimum Gasteiger partial charge on any atom is -0.482 e. The summed E-state index contributed by atoms with van der Waals surface area (Å²) in [5, 5.41) is 8.83. The molecule has 0 saturated carbocycles. The number of carbonyl (C=O) groups is 1. The number of aryl methyl sites for hydroxylation is 2. The summed E-state index contributed by atoms with van der Waals surface area (Å²) in [5.74, 6) is -0.498. The Kier molecular flexibility index (Phi) is 7.13. The molecule has 2 aromatic carbocycles. The zero-order chi connectivity index (χ0) is 23.5. The van der Waals surface area contributed by atoms with Crippen molar-refractivity contribution in [3.63, 3.8) is 0 Å². The number of alkyl halides is 3. The number of thioether (sulfide) groups is 1. The monoisotopic (exact) mass is 461 g/mol. The van der Waals surface area contributed by atoms with Crippen LogP contribution in [0, 0.1) is 13.8 Å². The maximum Gasteiger partial charge on any atom is 0.416 e. The normalized spacial score (nSPS) is 12.4. The molecular weight excluding hydrogens is 439 g/mol. The standard InChI is InChI=1S/C24H22F3NO3S/c1-14-12-19(8-11-22(14)31-13-23(29)30)32-16(3)20-9-10-21(28-15(20)2)17-4-6-18(7-5-17)24(25,26)27/h4-12,16H,13H2,1-3H3,(H,29,30). The van der Waals surface area contributed by atoms with Crippen LogP contribution in [0.4, 0.5) is 13.2 Å². The Bertz CT molecular complexity index is 1110. The van der Waals surface area contributed by atoms with Gasteiger partial charge in [0.25, 0.3) is 0 Å². The van der Waals surface area contributed by atoms with Gasteiger partial charge in [0.05, 0.1) is 11.3 Å². The third-order valence-electron chi connectivity index (χ3n) is 4.88. The van der Waals surface area contributed by atoms with Gasteiger partial charge in [-0.1, -0.05) is 18.2 Å². The van der Waals surface area contributed by atoms with E-state index in [0.717, 1.165) is 33.8 Å². The van der Waals surface area contributed by atoms with E-state index in [2.05, 4.69) is 11.9 Å². The molecule has 32 heavy (non-hydrogen) atoms. The van der Waals surface area contributed by atoms with Crippen LogP contribution in [0.5, 0.6) is 5.75 Å². The molecule has 1 aromatic heterocycles. The second kappa shape index (κ2) is 9.65. The van der Waals surface area contributed by atoms with E-state index < -0.39 is 17.7 Å². The maximum atomic E-state index is 12.8. The number of benzene rings is 2. The van der Waals surface area contributed by atoms with Gasteiger partial charge in [0.1, 0.15) is 5.75 Å². The first-order valence-corrected chi connectivity index (χ1v) is 10.7. The van der Waals surface area contributed by atoms with E-state index >= 15 is 0 Å². The molecule has 0 aliphatic rings. The number of ether oxygens (including phenoxy) is 1. The van der Waals surface area contributed by atoms with Gasteiger partial charge in [-0.3, -0.25) is 4.98 Å². The molecule has 3 rings (SSSR count). The lowest BCUT2D eigenvalue weighted by Gasteiger charge is -2.16. The topological polar surface area (TPSA) is 59.4 Å². The van der Waals surface area contributed by atoms with Gasteiger partial charge in [0.15, 0.2) is 6.61 Å². The summed E-state index contributed by atoms with van der Waals surface area (Å²) in [6, 6.07) is 14.3. The Morgan fingerprint density at radius 1 is 1.09 bits per heavy atom. The molecule has 0 fully saturated rings. The zero-order valence-corrected chi connectivity index (χ0v) is 18.6. The summed E-state index contributed by atoms with van der Waals surface area (Å²) in [6.45, 7) is 5.40. The Morgan fingerprint density at radius 3 is 2.34 bits per heavy atom. The fourth-order valence-corrected chi connectivity index (χ4v) is 4.43. The Morgan fingerprint density at radius 2 is 1.78 bits per heavy atom. The molecule has 0 aliphatic carbocycles. The van der Waals surface area contributed by atoms with Crippen LogP contribution in [0.25, 0.3) is 11.3 Å². The van der Waals surface area contributed by atoms with Gasteiger partial charge in [-0.2, -0.15) is 13.2 Å². The van der Waals surface area contributed by atoms with Crippen molar-refractivity contribution >= 4 is 17.7 Å². The van der Waals surface area contributed by atoms with Crippen LogP contribution in [0.2, 0.25) is 0 Å². The second-order valence-corrected chi connectivity index (χ2v) is 8.73. The minimum absolute atomic E-state index is 0.0781. The van der Waals surface area contributed by atoms with Crippen LogP contribution >= 0.6 is 11.8 Å². The third-order valence-corrected chi connectivity index (χ3v) is 6.02. The Balaban J connectivity index is 1.73. The van der Waals surface area contributed by atoms with Gasteiger partial charge in [-0.05, 0) is 68.3 Å². The highest BCUT2D eigenvalue weighted by molar-refractivity contribution is 7.99. The molecule has 1 atom stereocenters. The van der Waals surface area contributed by atoms with E-state index in [1.807, 2.05) is 38.1 Å². The van der Waals surface area contributed by atoms with E-state index in [4.69, 9.17) is 9.84 Å². The summed E-state index contributed by atoms with van der Waals surface area (Å²) < 4.78 is 43.6. The molecule has 0 aliphatic heterocycles. The van der Waals surface area contributed by atoms with Gasteiger partial charge in [-0.25, -0.2) is 4.79 Å². The molecule has 0 bridgehead atoms. The van der Waals surface area contributed by atoms with Crippen LogP contribution in [0.3, 0.4) is 0 Å². The molecule has 0 radical (unpaired) electrons. The summed E-state index contributed by atoms with van der Waals surface area (Å²) in [4.78, 5) is 16.3. The average molecular weight is 462 g/mol. The number of nitrogens with zero attached hydrogens (tertiary/aromatic N) is 1. The number of hydrogen-bond acceptors (Lipinski definition) is 4. The highest BCUT2D eigenvalue weighted by Gasteiger charge is 2.30. The van der Waals surface area contributed by atoms with Crippen LogP contribution in [-0.2, 0) is 11.0 Å². The molecule has 4 nitrogen and oxygen atoms in total. The van der Waals surface area contributed by atoms with Crippen LogP contribution in [0.15, 0.2) is 59.5 Å². The average Bonchev–Trinajstić information content (AvgIpc) is 2.72. The van der Waals surface area contributed by atoms with Crippen LogP contribution < -0.4 is 4.74 Å². The van der Waals surface area contributed by atoms with Crippen molar-refractivity contribution in [1.29, 1.82) is 0 Å². The summed E-state index contributed by atoms with van der Waals surface area (Å²) in [7, 11) is 0.